The highest BCUT2D eigenvalue weighted by Gasteiger charge is 2.03. The van der Waals surface area contributed by atoms with Gasteiger partial charge in [-0.3, -0.25) is 0 Å². The van der Waals surface area contributed by atoms with Crippen molar-refractivity contribution in [2.45, 2.75) is 6.92 Å². The van der Waals surface area contributed by atoms with E-state index in [9.17, 15) is 0 Å². The summed E-state index contributed by atoms with van der Waals surface area (Å²) < 4.78 is 6.17. The molecule has 72 valence electrons. The van der Waals surface area contributed by atoms with Crippen LogP contribution in [0.5, 0.6) is 5.88 Å². The Hall–Kier alpha value is -1.09. The molecule has 0 atom stereocenters. The minimum Gasteiger partial charge on any atom is -0.481 e. The molecule has 0 aliphatic heterocycles. The molecule has 1 aromatic heterocycles. The first-order valence-electron chi connectivity index (χ1n) is 4.32. The van der Waals surface area contributed by atoms with E-state index in [2.05, 4.69) is 27.8 Å². The summed E-state index contributed by atoms with van der Waals surface area (Å²) in [5, 5.41) is 1.12. The highest BCUT2D eigenvalue weighted by molar-refractivity contribution is 9.10. The van der Waals surface area contributed by atoms with Crippen LogP contribution in [0.15, 0.2) is 28.7 Å². The molecule has 0 saturated carbocycles. The number of nitrogens with zero attached hydrogens (tertiary/aromatic N) is 1. The smallest absolute Gasteiger partial charge is 0.213 e. The molecule has 0 N–H and O–H groups in total. The molecule has 3 heteroatoms. The number of ether oxygens (including phenoxy) is 1. The third-order valence-corrected chi connectivity index (χ3v) is 3.23. The SMILES string of the molecule is COc1ccc2c(Br)c(C)ccc2n1. The molecule has 0 amide bonds. The van der Waals surface area contributed by atoms with E-state index >= 15 is 0 Å². The van der Waals surface area contributed by atoms with Gasteiger partial charge in [-0.05, 0) is 40.5 Å². The van der Waals surface area contributed by atoms with Gasteiger partial charge >= 0.3 is 0 Å². The molecule has 0 saturated heterocycles. The minimum absolute atomic E-state index is 0.647. The number of rotatable bonds is 1. The Morgan fingerprint density at radius 2 is 2.00 bits per heavy atom. The van der Waals surface area contributed by atoms with Crippen LogP contribution < -0.4 is 4.74 Å². The lowest BCUT2D eigenvalue weighted by Crippen LogP contribution is -1.88. The van der Waals surface area contributed by atoms with Crippen molar-refractivity contribution >= 4 is 26.8 Å². The van der Waals surface area contributed by atoms with Crippen molar-refractivity contribution < 1.29 is 4.74 Å². The van der Waals surface area contributed by atoms with Gasteiger partial charge in [-0.25, -0.2) is 4.98 Å². The molecule has 2 nitrogen and oxygen atoms in total. The van der Waals surface area contributed by atoms with Crippen LogP contribution in [0, 0.1) is 6.92 Å². The molecule has 14 heavy (non-hydrogen) atoms. The van der Waals surface area contributed by atoms with E-state index in [4.69, 9.17) is 4.74 Å². The van der Waals surface area contributed by atoms with Crippen LogP contribution >= 0.6 is 15.9 Å². The molecular weight excluding hydrogens is 242 g/mol. The van der Waals surface area contributed by atoms with Crippen molar-refractivity contribution in [3.8, 4) is 5.88 Å². The fourth-order valence-electron chi connectivity index (χ4n) is 1.37. The summed E-state index contributed by atoms with van der Waals surface area (Å²) in [5.74, 6) is 0.647. The summed E-state index contributed by atoms with van der Waals surface area (Å²) >= 11 is 3.55. The zero-order valence-electron chi connectivity index (χ0n) is 8.04. The molecule has 2 rings (SSSR count). The number of fused-ring (bicyclic) bond motifs is 1. The molecule has 0 radical (unpaired) electrons. The largest absolute Gasteiger partial charge is 0.481 e. The molecule has 0 fully saturated rings. The van der Waals surface area contributed by atoms with Crippen LogP contribution in [-0.4, -0.2) is 12.1 Å². The van der Waals surface area contributed by atoms with Crippen LogP contribution in [-0.2, 0) is 0 Å². The Morgan fingerprint density at radius 1 is 1.21 bits per heavy atom. The number of hydrogen-bond donors (Lipinski definition) is 0. The van der Waals surface area contributed by atoms with E-state index in [-0.39, 0.29) is 0 Å². The predicted molar refractivity (Wildman–Crippen MR) is 60.7 cm³/mol. The maximum atomic E-state index is 5.07. The average molecular weight is 252 g/mol. The van der Waals surface area contributed by atoms with Crippen LogP contribution in [0.1, 0.15) is 5.56 Å². The number of aryl methyl sites for hydroxylation is 1. The topological polar surface area (TPSA) is 22.1 Å². The summed E-state index contributed by atoms with van der Waals surface area (Å²) in [7, 11) is 1.62. The third kappa shape index (κ3) is 1.48. The number of methoxy groups -OCH3 is 1. The van der Waals surface area contributed by atoms with E-state index in [0.29, 0.717) is 5.88 Å². The second kappa shape index (κ2) is 3.58. The molecule has 0 spiro atoms. The first-order chi connectivity index (χ1) is 6.72. The number of hydrogen-bond acceptors (Lipinski definition) is 2. The summed E-state index contributed by atoms with van der Waals surface area (Å²) in [4.78, 5) is 4.34. The van der Waals surface area contributed by atoms with Gasteiger partial charge in [0.1, 0.15) is 0 Å². The van der Waals surface area contributed by atoms with Gasteiger partial charge in [-0.15, -0.1) is 0 Å². The van der Waals surface area contributed by atoms with E-state index in [1.807, 2.05) is 24.3 Å². The lowest BCUT2D eigenvalue weighted by molar-refractivity contribution is 0.399. The van der Waals surface area contributed by atoms with Gasteiger partial charge in [0.25, 0.3) is 0 Å². The molecule has 0 bridgehead atoms. The lowest BCUT2D eigenvalue weighted by Gasteiger charge is -2.04. The zero-order valence-corrected chi connectivity index (χ0v) is 9.63. The fourth-order valence-corrected chi connectivity index (χ4v) is 1.84. The number of benzene rings is 1. The van der Waals surface area contributed by atoms with Gasteiger partial charge in [0, 0.05) is 15.9 Å². The van der Waals surface area contributed by atoms with Crippen molar-refractivity contribution in [1.82, 2.24) is 4.98 Å². The van der Waals surface area contributed by atoms with Gasteiger partial charge in [-0.2, -0.15) is 0 Å². The number of pyridine rings is 1. The predicted octanol–water partition coefficient (Wildman–Crippen LogP) is 3.31. The summed E-state index contributed by atoms with van der Waals surface area (Å²) in [6.07, 6.45) is 0. The Labute approximate surface area is 91.0 Å². The molecule has 0 aliphatic carbocycles. The molecule has 1 aromatic carbocycles. The zero-order chi connectivity index (χ0) is 10.1. The van der Waals surface area contributed by atoms with E-state index in [1.165, 1.54) is 5.56 Å². The number of halogens is 1. The van der Waals surface area contributed by atoms with Crippen LogP contribution in [0.2, 0.25) is 0 Å². The summed E-state index contributed by atoms with van der Waals surface area (Å²) in [5.41, 5.74) is 2.16. The van der Waals surface area contributed by atoms with Crippen molar-refractivity contribution in [3.05, 3.63) is 34.3 Å². The van der Waals surface area contributed by atoms with Crippen molar-refractivity contribution in [1.29, 1.82) is 0 Å². The van der Waals surface area contributed by atoms with E-state index in [0.717, 1.165) is 15.4 Å². The van der Waals surface area contributed by atoms with E-state index < -0.39 is 0 Å². The first kappa shape index (κ1) is 9.46. The standard InChI is InChI=1S/C11H10BrNO/c1-7-3-5-9-8(11(7)12)4-6-10(13-9)14-2/h3-6H,1-2H3. The third-order valence-electron chi connectivity index (χ3n) is 2.18. The summed E-state index contributed by atoms with van der Waals surface area (Å²) in [6.45, 7) is 2.06. The van der Waals surface area contributed by atoms with Gasteiger partial charge in [0.05, 0.1) is 12.6 Å². The molecule has 0 unspecified atom stereocenters. The van der Waals surface area contributed by atoms with Crippen LogP contribution in [0.4, 0.5) is 0 Å². The normalized spacial score (nSPS) is 10.5. The lowest BCUT2D eigenvalue weighted by atomic mass is 10.1. The minimum atomic E-state index is 0.647. The highest BCUT2D eigenvalue weighted by Crippen LogP contribution is 2.27. The van der Waals surface area contributed by atoms with Gasteiger partial charge in [0.15, 0.2) is 0 Å². The Balaban J connectivity index is 2.74. The Morgan fingerprint density at radius 3 is 2.71 bits per heavy atom. The van der Waals surface area contributed by atoms with E-state index in [1.54, 1.807) is 7.11 Å². The van der Waals surface area contributed by atoms with Crippen molar-refractivity contribution in [3.63, 3.8) is 0 Å². The average Bonchev–Trinajstić information content (AvgIpc) is 2.23. The molecule has 1 heterocycles. The first-order valence-corrected chi connectivity index (χ1v) is 5.11. The maximum absolute atomic E-state index is 5.07. The molecular formula is C11H10BrNO. The maximum Gasteiger partial charge on any atom is 0.213 e. The Bertz CT molecular complexity index is 482. The molecule has 2 aromatic rings. The van der Waals surface area contributed by atoms with Gasteiger partial charge in [0.2, 0.25) is 5.88 Å². The van der Waals surface area contributed by atoms with Crippen molar-refractivity contribution in [2.75, 3.05) is 7.11 Å². The number of aromatic nitrogens is 1. The van der Waals surface area contributed by atoms with Crippen LogP contribution in [0.3, 0.4) is 0 Å². The second-order valence-corrected chi connectivity index (χ2v) is 3.91. The van der Waals surface area contributed by atoms with Crippen molar-refractivity contribution in [2.24, 2.45) is 0 Å². The second-order valence-electron chi connectivity index (χ2n) is 3.12. The fraction of sp³-hybridized carbons (Fsp3) is 0.182. The Kier molecular flexibility index (Phi) is 2.42. The van der Waals surface area contributed by atoms with Crippen LogP contribution in [0.25, 0.3) is 10.9 Å². The summed E-state index contributed by atoms with van der Waals surface area (Å²) in [6, 6.07) is 7.92. The highest BCUT2D eigenvalue weighted by atomic mass is 79.9. The van der Waals surface area contributed by atoms with Gasteiger partial charge < -0.3 is 4.74 Å². The monoisotopic (exact) mass is 251 g/mol. The van der Waals surface area contributed by atoms with Gasteiger partial charge in [-0.1, -0.05) is 6.07 Å². The molecule has 0 aliphatic rings. The quantitative estimate of drug-likeness (QED) is 0.776.